The molecular formula is C25H29BrN2O3S. The largest absolute Gasteiger partial charge is 0.325 e. The van der Waals surface area contributed by atoms with Crippen LogP contribution in [-0.4, -0.2) is 27.1 Å². The third-order valence-corrected chi connectivity index (χ3v) is 9.24. The average Bonchev–Trinajstić information content (AvgIpc) is 2.71. The summed E-state index contributed by atoms with van der Waals surface area (Å²) < 4.78 is 26.5. The zero-order chi connectivity index (χ0) is 22.5. The number of hydrogen-bond donors (Lipinski definition) is 1. The average molecular weight is 517 g/mol. The predicted molar refractivity (Wildman–Crippen MR) is 131 cm³/mol. The van der Waals surface area contributed by atoms with Crippen molar-refractivity contribution < 1.29 is 13.2 Å². The van der Waals surface area contributed by atoms with Crippen LogP contribution < -0.4 is 9.62 Å². The molecule has 0 spiro atoms. The Morgan fingerprint density at radius 2 is 1.62 bits per heavy atom. The molecule has 0 saturated heterocycles. The van der Waals surface area contributed by atoms with E-state index in [1.807, 2.05) is 18.2 Å². The minimum atomic E-state index is -3.60. The first-order valence-corrected chi connectivity index (χ1v) is 14.0. The molecule has 2 aromatic carbocycles. The highest BCUT2D eigenvalue weighted by Gasteiger charge is 2.51. The second-order valence-electron chi connectivity index (χ2n) is 10.1. The van der Waals surface area contributed by atoms with Crippen LogP contribution in [-0.2, 0) is 20.2 Å². The van der Waals surface area contributed by atoms with Crippen molar-refractivity contribution in [1.82, 2.24) is 0 Å². The maximum Gasteiger partial charge on any atom is 0.245 e. The molecule has 0 aliphatic heterocycles. The molecule has 0 radical (unpaired) electrons. The smallest absolute Gasteiger partial charge is 0.245 e. The van der Waals surface area contributed by atoms with Crippen molar-refractivity contribution in [3.8, 4) is 0 Å². The van der Waals surface area contributed by atoms with Gasteiger partial charge in [-0.25, -0.2) is 8.42 Å². The lowest BCUT2D eigenvalue weighted by atomic mass is 9.48. The Morgan fingerprint density at radius 3 is 2.16 bits per heavy atom. The molecule has 1 amide bonds. The standard InChI is InChI=1S/C25H29BrN2O3S/c1-32(30,31)28(23-4-2-3-21(26)12-23)16-24(29)27-22-7-5-20(6-8-22)25-13-17-9-18(14-25)11-19(10-17)15-25/h2-8,12,17-19H,9-11,13-16H2,1H3,(H,27,29). The van der Waals surface area contributed by atoms with Crippen LogP contribution in [0.3, 0.4) is 0 Å². The van der Waals surface area contributed by atoms with Gasteiger partial charge in [-0.05, 0) is 97.6 Å². The summed E-state index contributed by atoms with van der Waals surface area (Å²) in [6.45, 7) is -0.272. The molecule has 170 valence electrons. The normalized spacial score (nSPS) is 28.5. The molecule has 0 aromatic heterocycles. The third-order valence-electron chi connectivity index (χ3n) is 7.60. The molecule has 4 saturated carbocycles. The van der Waals surface area contributed by atoms with Crippen molar-refractivity contribution in [2.45, 2.75) is 43.9 Å². The van der Waals surface area contributed by atoms with Gasteiger partial charge < -0.3 is 5.32 Å². The summed E-state index contributed by atoms with van der Waals surface area (Å²) in [5.74, 6) is 2.31. The Kier molecular flexibility index (Phi) is 5.61. The van der Waals surface area contributed by atoms with Crippen molar-refractivity contribution in [2.24, 2.45) is 17.8 Å². The molecular weight excluding hydrogens is 488 g/mol. The number of halogens is 1. The third kappa shape index (κ3) is 4.34. The van der Waals surface area contributed by atoms with Crippen molar-refractivity contribution in [3.63, 3.8) is 0 Å². The van der Waals surface area contributed by atoms with Crippen LogP contribution in [0.5, 0.6) is 0 Å². The molecule has 2 aromatic rings. The van der Waals surface area contributed by atoms with Crippen LogP contribution in [0, 0.1) is 17.8 Å². The number of rotatable bonds is 6. The predicted octanol–water partition coefficient (Wildman–Crippen LogP) is 5.32. The fraction of sp³-hybridized carbons (Fsp3) is 0.480. The molecule has 1 N–H and O–H groups in total. The Labute approximate surface area is 198 Å². The molecule has 4 aliphatic carbocycles. The number of nitrogens with zero attached hydrogens (tertiary/aromatic N) is 1. The van der Waals surface area contributed by atoms with E-state index in [2.05, 4.69) is 33.4 Å². The van der Waals surface area contributed by atoms with E-state index in [1.165, 1.54) is 44.1 Å². The molecule has 4 aliphatic rings. The van der Waals surface area contributed by atoms with Gasteiger partial charge in [0.1, 0.15) is 6.54 Å². The van der Waals surface area contributed by atoms with Crippen LogP contribution in [0.1, 0.15) is 44.1 Å². The van der Waals surface area contributed by atoms with E-state index in [-0.39, 0.29) is 12.5 Å². The first kappa shape index (κ1) is 22.0. The monoisotopic (exact) mass is 516 g/mol. The van der Waals surface area contributed by atoms with Crippen molar-refractivity contribution in [1.29, 1.82) is 0 Å². The maximum absolute atomic E-state index is 12.7. The van der Waals surface area contributed by atoms with Gasteiger partial charge in [0.2, 0.25) is 15.9 Å². The number of carbonyl (C=O) groups is 1. The lowest BCUT2D eigenvalue weighted by Gasteiger charge is -2.57. The lowest BCUT2D eigenvalue weighted by Crippen LogP contribution is -2.48. The molecule has 7 heteroatoms. The van der Waals surface area contributed by atoms with Crippen LogP contribution in [0.25, 0.3) is 0 Å². The van der Waals surface area contributed by atoms with Crippen LogP contribution >= 0.6 is 15.9 Å². The maximum atomic E-state index is 12.7. The van der Waals surface area contributed by atoms with Gasteiger partial charge in [-0.1, -0.05) is 34.1 Å². The lowest BCUT2D eigenvalue weighted by molar-refractivity contribution is -0.114. The van der Waals surface area contributed by atoms with E-state index in [9.17, 15) is 13.2 Å². The molecule has 4 fully saturated rings. The summed E-state index contributed by atoms with van der Waals surface area (Å²) in [4.78, 5) is 12.7. The Morgan fingerprint density at radius 1 is 1.03 bits per heavy atom. The molecule has 6 rings (SSSR count). The zero-order valence-electron chi connectivity index (χ0n) is 18.3. The fourth-order valence-corrected chi connectivity index (χ4v) is 7.97. The highest BCUT2D eigenvalue weighted by Crippen LogP contribution is 2.60. The molecule has 4 bridgehead atoms. The van der Waals surface area contributed by atoms with Gasteiger partial charge in [-0.15, -0.1) is 0 Å². The van der Waals surface area contributed by atoms with Gasteiger partial charge >= 0.3 is 0 Å². The highest BCUT2D eigenvalue weighted by atomic mass is 79.9. The Bertz CT molecular complexity index is 1090. The van der Waals surface area contributed by atoms with E-state index >= 15 is 0 Å². The van der Waals surface area contributed by atoms with Crippen molar-refractivity contribution >= 4 is 43.2 Å². The van der Waals surface area contributed by atoms with E-state index in [4.69, 9.17) is 0 Å². The minimum absolute atomic E-state index is 0.272. The van der Waals surface area contributed by atoms with E-state index in [0.717, 1.165) is 32.8 Å². The number of sulfonamides is 1. The highest BCUT2D eigenvalue weighted by molar-refractivity contribution is 9.10. The second-order valence-corrected chi connectivity index (χ2v) is 12.9. The fourth-order valence-electron chi connectivity index (χ4n) is 6.73. The molecule has 5 nitrogen and oxygen atoms in total. The summed E-state index contributed by atoms with van der Waals surface area (Å²) in [6.07, 6.45) is 9.29. The Balaban J connectivity index is 1.29. The first-order chi connectivity index (χ1) is 15.2. The van der Waals surface area contributed by atoms with Gasteiger partial charge in [-0.3, -0.25) is 9.10 Å². The van der Waals surface area contributed by atoms with Gasteiger partial charge in [-0.2, -0.15) is 0 Å². The molecule has 0 heterocycles. The number of benzene rings is 2. The number of nitrogens with one attached hydrogen (secondary N) is 1. The second kappa shape index (κ2) is 8.17. The molecule has 0 unspecified atom stereocenters. The van der Waals surface area contributed by atoms with Crippen LogP contribution in [0.2, 0.25) is 0 Å². The number of hydrogen-bond acceptors (Lipinski definition) is 3. The van der Waals surface area contributed by atoms with E-state index in [1.54, 1.807) is 18.2 Å². The van der Waals surface area contributed by atoms with E-state index in [0.29, 0.717) is 16.8 Å². The summed E-state index contributed by atoms with van der Waals surface area (Å²) in [5.41, 5.74) is 2.88. The summed E-state index contributed by atoms with van der Waals surface area (Å²) in [7, 11) is -3.60. The summed E-state index contributed by atoms with van der Waals surface area (Å²) in [6, 6.07) is 15.2. The van der Waals surface area contributed by atoms with Gasteiger partial charge in [0.25, 0.3) is 0 Å². The first-order valence-electron chi connectivity index (χ1n) is 11.3. The number of anilines is 2. The van der Waals surface area contributed by atoms with Crippen LogP contribution in [0.15, 0.2) is 53.0 Å². The SMILES string of the molecule is CS(=O)(=O)N(CC(=O)Nc1ccc(C23CC4CC(CC(C4)C2)C3)cc1)c1cccc(Br)c1. The zero-order valence-corrected chi connectivity index (χ0v) is 20.7. The summed E-state index contributed by atoms with van der Waals surface area (Å²) in [5, 5.41) is 2.87. The van der Waals surface area contributed by atoms with Gasteiger partial charge in [0.15, 0.2) is 0 Å². The number of carbonyl (C=O) groups excluding carboxylic acids is 1. The van der Waals surface area contributed by atoms with E-state index < -0.39 is 10.0 Å². The topological polar surface area (TPSA) is 66.5 Å². The van der Waals surface area contributed by atoms with Gasteiger partial charge in [0, 0.05) is 10.2 Å². The summed E-state index contributed by atoms with van der Waals surface area (Å²) >= 11 is 3.36. The van der Waals surface area contributed by atoms with Gasteiger partial charge in [0.05, 0.1) is 11.9 Å². The Hall–Kier alpha value is -1.86. The van der Waals surface area contributed by atoms with Crippen molar-refractivity contribution in [3.05, 3.63) is 58.6 Å². The molecule has 0 atom stereocenters. The number of amides is 1. The molecule has 32 heavy (non-hydrogen) atoms. The quantitative estimate of drug-likeness (QED) is 0.564. The van der Waals surface area contributed by atoms with Crippen LogP contribution in [0.4, 0.5) is 11.4 Å². The van der Waals surface area contributed by atoms with Crippen molar-refractivity contribution in [2.75, 3.05) is 22.4 Å². The minimum Gasteiger partial charge on any atom is -0.325 e.